The lowest BCUT2D eigenvalue weighted by atomic mass is 10.0. The Morgan fingerprint density at radius 1 is 1.19 bits per heavy atom. The lowest BCUT2D eigenvalue weighted by molar-refractivity contribution is -0.254. The number of nitrogens with zero attached hydrogens (tertiary/aromatic N) is 2. The zero-order valence-corrected chi connectivity index (χ0v) is 11.8. The summed E-state index contributed by atoms with van der Waals surface area (Å²) in [5.74, 6) is -1.20. The second kappa shape index (κ2) is 4.98. The number of aromatic nitrogens is 2. The second-order valence-corrected chi connectivity index (χ2v) is 5.06. The van der Waals surface area contributed by atoms with E-state index < -0.39 is 5.97 Å². The summed E-state index contributed by atoms with van der Waals surface area (Å²) < 4.78 is 0. The van der Waals surface area contributed by atoms with Gasteiger partial charge in [-0.25, -0.2) is 4.98 Å². The Hall–Kier alpha value is -2.75. The van der Waals surface area contributed by atoms with E-state index >= 15 is 0 Å². The number of pyridine rings is 2. The van der Waals surface area contributed by atoms with Crippen LogP contribution in [-0.4, -0.2) is 15.9 Å². The molecule has 0 aliphatic rings. The van der Waals surface area contributed by atoms with Crippen molar-refractivity contribution in [1.82, 2.24) is 9.97 Å². The van der Waals surface area contributed by atoms with Crippen molar-refractivity contribution < 1.29 is 9.90 Å². The molecule has 0 atom stereocenters. The van der Waals surface area contributed by atoms with E-state index in [-0.39, 0.29) is 5.56 Å². The first-order valence-corrected chi connectivity index (χ1v) is 6.60. The molecule has 0 amide bonds. The van der Waals surface area contributed by atoms with Crippen LogP contribution in [-0.2, 0) is 0 Å². The van der Waals surface area contributed by atoms with Crippen LogP contribution < -0.4 is 5.11 Å². The lowest BCUT2D eigenvalue weighted by Gasteiger charge is -2.13. The topological polar surface area (TPSA) is 65.9 Å². The average molecular weight is 277 g/mol. The van der Waals surface area contributed by atoms with Crippen molar-refractivity contribution in [3.63, 3.8) is 0 Å². The van der Waals surface area contributed by atoms with Gasteiger partial charge in [-0.3, -0.25) is 4.98 Å². The summed E-state index contributed by atoms with van der Waals surface area (Å²) in [5, 5.41) is 12.1. The summed E-state index contributed by atoms with van der Waals surface area (Å²) in [5.41, 5.74) is 4.15. The number of aryl methyl sites for hydroxylation is 2. The number of rotatable bonds is 2. The molecule has 0 bridgehead atoms. The van der Waals surface area contributed by atoms with E-state index in [9.17, 15) is 9.90 Å². The average Bonchev–Trinajstić information content (AvgIpc) is 2.47. The zero-order valence-electron chi connectivity index (χ0n) is 11.8. The third-order valence-electron chi connectivity index (χ3n) is 3.43. The molecule has 0 aliphatic heterocycles. The third kappa shape index (κ3) is 2.36. The maximum Gasteiger partial charge on any atom is 0.0745 e. The monoisotopic (exact) mass is 277 g/mol. The number of fused-ring (bicyclic) bond motifs is 1. The Balaban J connectivity index is 2.38. The molecule has 4 nitrogen and oxygen atoms in total. The van der Waals surface area contributed by atoms with Gasteiger partial charge in [-0.1, -0.05) is 11.6 Å². The molecule has 0 spiro atoms. The number of carbonyl (C=O) groups is 1. The molecule has 0 N–H and O–H groups in total. The van der Waals surface area contributed by atoms with Gasteiger partial charge in [0, 0.05) is 28.9 Å². The highest BCUT2D eigenvalue weighted by atomic mass is 16.4. The fraction of sp³-hybridized carbons (Fsp3) is 0.118. The third-order valence-corrected chi connectivity index (χ3v) is 3.43. The van der Waals surface area contributed by atoms with E-state index in [0.717, 1.165) is 16.7 Å². The first kappa shape index (κ1) is 13.2. The fourth-order valence-electron chi connectivity index (χ4n) is 2.51. The lowest BCUT2D eigenvalue weighted by Crippen LogP contribution is -2.23. The number of benzene rings is 1. The van der Waals surface area contributed by atoms with Crippen LogP contribution in [0.25, 0.3) is 22.2 Å². The van der Waals surface area contributed by atoms with Crippen molar-refractivity contribution >= 4 is 16.9 Å². The molecule has 0 radical (unpaired) electrons. The maximum absolute atomic E-state index is 11.5. The van der Waals surface area contributed by atoms with Crippen molar-refractivity contribution in [2.75, 3.05) is 0 Å². The molecule has 1 aromatic carbocycles. The van der Waals surface area contributed by atoms with Gasteiger partial charge < -0.3 is 9.90 Å². The van der Waals surface area contributed by atoms with Crippen LogP contribution >= 0.6 is 0 Å². The van der Waals surface area contributed by atoms with Crippen LogP contribution in [0.1, 0.15) is 21.5 Å². The second-order valence-electron chi connectivity index (χ2n) is 5.06. The first-order valence-electron chi connectivity index (χ1n) is 6.60. The van der Waals surface area contributed by atoms with Crippen LogP contribution in [0, 0.1) is 13.8 Å². The molecule has 0 unspecified atom stereocenters. The molecule has 2 aromatic heterocycles. The molecule has 0 saturated heterocycles. The van der Waals surface area contributed by atoms with E-state index in [1.165, 1.54) is 0 Å². The molecule has 0 fully saturated rings. The number of carboxylic acid groups (broad SMARTS) is 1. The predicted octanol–water partition coefficient (Wildman–Crippen LogP) is 2.28. The molecule has 3 rings (SSSR count). The maximum atomic E-state index is 11.5. The Labute approximate surface area is 122 Å². The molecule has 2 heterocycles. The number of hydrogen-bond donors (Lipinski definition) is 0. The molecule has 104 valence electrons. The highest BCUT2D eigenvalue weighted by Gasteiger charge is 2.11. The standard InChI is InChI=1S/C17H14N2O2/c1-10-6-11(2)16-13(7-10)14(17(20)21)8-15(19-16)12-4-3-5-18-9-12/h3-9H,1-2H3,(H,20,21)/p-1. The normalized spacial score (nSPS) is 10.8. The number of hydrogen-bond acceptors (Lipinski definition) is 4. The molecular formula is C17H13N2O2-. The Kier molecular flexibility index (Phi) is 3.14. The van der Waals surface area contributed by atoms with Gasteiger partial charge in [-0.15, -0.1) is 0 Å². The predicted molar refractivity (Wildman–Crippen MR) is 78.8 cm³/mol. The van der Waals surface area contributed by atoms with Gasteiger partial charge in [0.2, 0.25) is 0 Å². The summed E-state index contributed by atoms with van der Waals surface area (Å²) in [7, 11) is 0. The van der Waals surface area contributed by atoms with Crippen molar-refractivity contribution in [3.8, 4) is 11.3 Å². The summed E-state index contributed by atoms with van der Waals surface area (Å²) in [6.07, 6.45) is 3.33. The van der Waals surface area contributed by atoms with Crippen molar-refractivity contribution in [2.45, 2.75) is 13.8 Å². The van der Waals surface area contributed by atoms with E-state index in [2.05, 4.69) is 9.97 Å². The molecule has 21 heavy (non-hydrogen) atoms. The zero-order chi connectivity index (χ0) is 15.0. The van der Waals surface area contributed by atoms with Crippen LogP contribution in [0.3, 0.4) is 0 Å². The van der Waals surface area contributed by atoms with Gasteiger partial charge >= 0.3 is 0 Å². The van der Waals surface area contributed by atoms with Gasteiger partial charge in [-0.05, 0) is 43.7 Å². The highest BCUT2D eigenvalue weighted by molar-refractivity contribution is 6.03. The number of carboxylic acids is 1. The van der Waals surface area contributed by atoms with E-state index in [0.29, 0.717) is 16.6 Å². The van der Waals surface area contributed by atoms with Crippen molar-refractivity contribution in [3.05, 3.63) is 59.4 Å². The van der Waals surface area contributed by atoms with E-state index in [4.69, 9.17) is 0 Å². The van der Waals surface area contributed by atoms with E-state index in [1.54, 1.807) is 24.5 Å². The molecule has 0 saturated carbocycles. The molecular weight excluding hydrogens is 264 g/mol. The highest BCUT2D eigenvalue weighted by Crippen LogP contribution is 2.27. The van der Waals surface area contributed by atoms with Crippen LogP contribution in [0.2, 0.25) is 0 Å². The van der Waals surface area contributed by atoms with Crippen LogP contribution in [0.15, 0.2) is 42.7 Å². The summed E-state index contributed by atoms with van der Waals surface area (Å²) in [4.78, 5) is 20.1. The Morgan fingerprint density at radius 2 is 2.00 bits per heavy atom. The van der Waals surface area contributed by atoms with Crippen molar-refractivity contribution in [2.24, 2.45) is 0 Å². The largest absolute Gasteiger partial charge is 0.545 e. The summed E-state index contributed by atoms with van der Waals surface area (Å²) >= 11 is 0. The van der Waals surface area contributed by atoms with Crippen LogP contribution in [0.4, 0.5) is 0 Å². The summed E-state index contributed by atoms with van der Waals surface area (Å²) in [6.45, 7) is 3.86. The Bertz CT molecular complexity index is 842. The number of carbonyl (C=O) groups excluding carboxylic acids is 1. The minimum atomic E-state index is -1.20. The van der Waals surface area contributed by atoms with Gasteiger partial charge in [0.15, 0.2) is 0 Å². The Morgan fingerprint density at radius 3 is 2.67 bits per heavy atom. The molecule has 0 aliphatic carbocycles. The number of aromatic carboxylic acids is 1. The van der Waals surface area contributed by atoms with Gasteiger partial charge in [0.05, 0.1) is 17.2 Å². The summed E-state index contributed by atoms with van der Waals surface area (Å²) in [6, 6.07) is 9.01. The van der Waals surface area contributed by atoms with Crippen LogP contribution in [0.5, 0.6) is 0 Å². The van der Waals surface area contributed by atoms with E-state index in [1.807, 2.05) is 32.0 Å². The van der Waals surface area contributed by atoms with Crippen molar-refractivity contribution in [1.29, 1.82) is 0 Å². The van der Waals surface area contributed by atoms with Gasteiger partial charge in [0.1, 0.15) is 0 Å². The SMILES string of the molecule is Cc1cc(C)c2nc(-c3cccnc3)cc(C(=O)[O-])c2c1. The quantitative estimate of drug-likeness (QED) is 0.720. The molecule has 4 heteroatoms. The smallest absolute Gasteiger partial charge is 0.0745 e. The van der Waals surface area contributed by atoms with Gasteiger partial charge in [0.25, 0.3) is 0 Å². The fourth-order valence-corrected chi connectivity index (χ4v) is 2.51. The first-order chi connectivity index (χ1) is 10.1. The molecule has 3 aromatic rings. The minimum absolute atomic E-state index is 0.158. The van der Waals surface area contributed by atoms with Gasteiger partial charge in [-0.2, -0.15) is 0 Å². The minimum Gasteiger partial charge on any atom is -0.545 e.